The molecule has 3 nitrogen and oxygen atoms in total. The lowest BCUT2D eigenvalue weighted by Gasteiger charge is -2.09. The third kappa shape index (κ3) is 3.81. The number of ether oxygens (including phenoxy) is 1. The molecule has 0 saturated heterocycles. The Hall–Kier alpha value is -0.850. The van der Waals surface area contributed by atoms with E-state index in [-0.39, 0.29) is 5.91 Å². The van der Waals surface area contributed by atoms with E-state index in [4.69, 9.17) is 4.74 Å². The van der Waals surface area contributed by atoms with Gasteiger partial charge in [0, 0.05) is 9.35 Å². The van der Waals surface area contributed by atoms with Gasteiger partial charge >= 0.3 is 0 Å². The number of hydrogen-bond donors (Lipinski definition) is 1. The normalized spacial score (nSPS) is 10.3. The molecule has 0 atom stereocenters. The highest BCUT2D eigenvalue weighted by molar-refractivity contribution is 9.11. The number of carbonyl (C=O) groups is 1. The first kappa shape index (κ1) is 14.6. The second-order valence-electron chi connectivity index (χ2n) is 3.73. The first-order chi connectivity index (χ1) is 9.10. The van der Waals surface area contributed by atoms with Gasteiger partial charge in [-0.3, -0.25) is 4.79 Å². The Morgan fingerprint density at radius 2 is 2.11 bits per heavy atom. The summed E-state index contributed by atoms with van der Waals surface area (Å²) < 4.78 is 7.09. The van der Waals surface area contributed by atoms with Gasteiger partial charge < -0.3 is 10.1 Å². The number of benzene rings is 1. The fourth-order valence-electron chi connectivity index (χ4n) is 1.57. The number of carbonyl (C=O) groups excluding carboxylic acids is 1. The molecule has 0 aliphatic heterocycles. The van der Waals surface area contributed by atoms with Crippen LogP contribution in [0.15, 0.2) is 38.6 Å². The van der Waals surface area contributed by atoms with Gasteiger partial charge in [-0.05, 0) is 46.3 Å². The van der Waals surface area contributed by atoms with E-state index in [1.54, 1.807) is 30.6 Å². The zero-order valence-electron chi connectivity index (χ0n) is 10.1. The van der Waals surface area contributed by atoms with Crippen molar-refractivity contribution in [2.24, 2.45) is 0 Å². The molecule has 0 saturated carbocycles. The van der Waals surface area contributed by atoms with Crippen molar-refractivity contribution >= 4 is 49.1 Å². The van der Waals surface area contributed by atoms with E-state index in [0.717, 1.165) is 13.1 Å². The van der Waals surface area contributed by atoms with Crippen molar-refractivity contribution < 1.29 is 9.53 Å². The van der Waals surface area contributed by atoms with Gasteiger partial charge in [0.1, 0.15) is 5.75 Å². The molecule has 0 aliphatic rings. The summed E-state index contributed by atoms with van der Waals surface area (Å²) in [5.74, 6) is 0.413. The summed E-state index contributed by atoms with van der Waals surface area (Å²) in [6.45, 7) is 0.505. The topological polar surface area (TPSA) is 38.3 Å². The van der Waals surface area contributed by atoms with Crippen molar-refractivity contribution in [3.8, 4) is 5.75 Å². The Morgan fingerprint density at radius 1 is 1.32 bits per heavy atom. The Kier molecular flexibility index (Phi) is 5.01. The molecule has 0 spiro atoms. The van der Waals surface area contributed by atoms with Crippen LogP contribution in [0.5, 0.6) is 5.75 Å². The Balaban J connectivity index is 2.09. The first-order valence-corrected chi connectivity index (χ1v) is 7.86. The maximum atomic E-state index is 12.1. The van der Waals surface area contributed by atoms with Crippen LogP contribution in [0.2, 0.25) is 0 Å². The van der Waals surface area contributed by atoms with Crippen LogP contribution < -0.4 is 10.1 Å². The number of halogens is 2. The third-order valence-corrected chi connectivity index (χ3v) is 4.58. The molecule has 0 fully saturated rings. The summed E-state index contributed by atoms with van der Waals surface area (Å²) in [6, 6.07) is 9.30. The van der Waals surface area contributed by atoms with E-state index in [1.165, 1.54) is 0 Å². The average Bonchev–Trinajstić information content (AvgIpc) is 2.81. The smallest absolute Gasteiger partial charge is 0.255 e. The molecule has 6 heteroatoms. The van der Waals surface area contributed by atoms with Crippen LogP contribution in [0.1, 0.15) is 15.2 Å². The lowest BCUT2D eigenvalue weighted by atomic mass is 10.2. The van der Waals surface area contributed by atoms with Crippen molar-refractivity contribution in [2.45, 2.75) is 6.54 Å². The second-order valence-corrected chi connectivity index (χ2v) is 7.20. The zero-order chi connectivity index (χ0) is 13.8. The molecule has 100 valence electrons. The molecule has 1 amide bonds. The predicted molar refractivity (Wildman–Crippen MR) is 83.9 cm³/mol. The predicted octanol–water partition coefficient (Wildman–Crippen LogP) is 4.21. The van der Waals surface area contributed by atoms with Crippen molar-refractivity contribution in [3.63, 3.8) is 0 Å². The minimum atomic E-state index is -0.150. The van der Waals surface area contributed by atoms with Crippen molar-refractivity contribution in [2.75, 3.05) is 7.11 Å². The number of nitrogens with one attached hydrogen (secondary N) is 1. The van der Waals surface area contributed by atoms with Crippen LogP contribution in [0.3, 0.4) is 0 Å². The highest BCUT2D eigenvalue weighted by atomic mass is 79.9. The molecule has 19 heavy (non-hydrogen) atoms. The monoisotopic (exact) mass is 403 g/mol. The molecular formula is C13H11Br2NO2S. The highest BCUT2D eigenvalue weighted by Gasteiger charge is 2.12. The van der Waals surface area contributed by atoms with Crippen LogP contribution in [0, 0.1) is 0 Å². The van der Waals surface area contributed by atoms with E-state index in [1.807, 2.05) is 18.2 Å². The van der Waals surface area contributed by atoms with E-state index in [2.05, 4.69) is 37.2 Å². The summed E-state index contributed by atoms with van der Waals surface area (Å²) in [7, 11) is 1.55. The number of methoxy groups -OCH3 is 1. The number of thiophene rings is 1. The number of hydrogen-bond acceptors (Lipinski definition) is 3. The summed E-state index contributed by atoms with van der Waals surface area (Å²) in [6.07, 6.45) is 0. The van der Waals surface area contributed by atoms with Gasteiger partial charge in [-0.2, -0.15) is 0 Å². The molecule has 1 aromatic heterocycles. The molecule has 2 rings (SSSR count). The van der Waals surface area contributed by atoms with E-state index >= 15 is 0 Å². The van der Waals surface area contributed by atoms with Crippen molar-refractivity contribution in [3.05, 3.63) is 49.0 Å². The molecule has 2 aromatic rings. The van der Waals surface area contributed by atoms with Gasteiger partial charge in [-0.15, -0.1) is 11.3 Å². The number of rotatable bonds is 4. The van der Waals surface area contributed by atoms with Gasteiger partial charge in [0.15, 0.2) is 0 Å². The Bertz CT molecular complexity index is 598. The highest BCUT2D eigenvalue weighted by Crippen LogP contribution is 2.24. The maximum Gasteiger partial charge on any atom is 0.255 e. The second kappa shape index (κ2) is 6.54. The lowest BCUT2D eigenvalue weighted by molar-refractivity contribution is 0.0948. The van der Waals surface area contributed by atoms with Crippen LogP contribution in [-0.2, 0) is 6.54 Å². The zero-order valence-corrected chi connectivity index (χ0v) is 14.1. The molecular weight excluding hydrogens is 394 g/mol. The Morgan fingerprint density at radius 3 is 2.74 bits per heavy atom. The standard InChI is InChI=1S/C13H11Br2NO2S/c1-18-11-4-2-8(14)6-10(11)13(17)16-7-9-3-5-12(15)19-9/h2-6H,7H2,1H3,(H,16,17). The van der Waals surface area contributed by atoms with E-state index in [0.29, 0.717) is 17.9 Å². The SMILES string of the molecule is COc1ccc(Br)cc1C(=O)NCc1ccc(Br)s1. The average molecular weight is 405 g/mol. The van der Waals surface area contributed by atoms with E-state index in [9.17, 15) is 4.79 Å². The van der Waals surface area contributed by atoms with Gasteiger partial charge in [0.2, 0.25) is 0 Å². The van der Waals surface area contributed by atoms with Crippen LogP contribution in [0.25, 0.3) is 0 Å². The molecule has 0 radical (unpaired) electrons. The first-order valence-electron chi connectivity index (χ1n) is 5.46. The van der Waals surface area contributed by atoms with Crippen LogP contribution in [0.4, 0.5) is 0 Å². The molecule has 1 heterocycles. The van der Waals surface area contributed by atoms with Gasteiger partial charge in [-0.25, -0.2) is 0 Å². The fraction of sp³-hybridized carbons (Fsp3) is 0.154. The lowest BCUT2D eigenvalue weighted by Crippen LogP contribution is -2.22. The molecule has 1 N–H and O–H groups in total. The maximum absolute atomic E-state index is 12.1. The van der Waals surface area contributed by atoms with Crippen molar-refractivity contribution in [1.82, 2.24) is 5.32 Å². The van der Waals surface area contributed by atoms with E-state index < -0.39 is 0 Å². The molecule has 0 aliphatic carbocycles. The van der Waals surface area contributed by atoms with Crippen LogP contribution >= 0.6 is 43.2 Å². The largest absolute Gasteiger partial charge is 0.496 e. The van der Waals surface area contributed by atoms with Gasteiger partial charge in [-0.1, -0.05) is 15.9 Å². The van der Waals surface area contributed by atoms with Gasteiger partial charge in [0.25, 0.3) is 5.91 Å². The summed E-state index contributed by atoms with van der Waals surface area (Å²) in [5, 5.41) is 2.88. The fourth-order valence-corrected chi connectivity index (χ4v) is 3.35. The molecule has 0 unspecified atom stereocenters. The third-order valence-electron chi connectivity index (χ3n) is 2.46. The minimum Gasteiger partial charge on any atom is -0.496 e. The van der Waals surface area contributed by atoms with Crippen molar-refractivity contribution in [1.29, 1.82) is 0 Å². The molecule has 0 bridgehead atoms. The van der Waals surface area contributed by atoms with Gasteiger partial charge in [0.05, 0.1) is 23.0 Å². The Labute approximate surface area is 132 Å². The summed E-state index contributed by atoms with van der Waals surface area (Å²) >= 11 is 8.35. The quantitative estimate of drug-likeness (QED) is 0.828. The summed E-state index contributed by atoms with van der Waals surface area (Å²) in [4.78, 5) is 13.2. The van der Waals surface area contributed by atoms with Crippen LogP contribution in [-0.4, -0.2) is 13.0 Å². The molecule has 1 aromatic carbocycles. The number of amides is 1. The minimum absolute atomic E-state index is 0.150. The summed E-state index contributed by atoms with van der Waals surface area (Å²) in [5.41, 5.74) is 0.521.